The van der Waals surface area contributed by atoms with Crippen LogP contribution in [0.25, 0.3) is 0 Å². The van der Waals surface area contributed by atoms with E-state index in [4.69, 9.17) is 4.74 Å². The summed E-state index contributed by atoms with van der Waals surface area (Å²) in [4.78, 5) is 13.8. The third kappa shape index (κ3) is 6.03. The number of carbonyl (C=O) groups excluding carboxylic acids is 1. The average Bonchev–Trinajstić information content (AvgIpc) is 2.37. The van der Waals surface area contributed by atoms with Crippen LogP contribution in [0.1, 0.15) is 39.5 Å². The molecular formula is C13H26N2O2. The average molecular weight is 242 g/mol. The van der Waals surface area contributed by atoms with Crippen molar-refractivity contribution in [1.29, 1.82) is 0 Å². The summed E-state index contributed by atoms with van der Waals surface area (Å²) in [6.07, 6.45) is 4.21. The summed E-state index contributed by atoms with van der Waals surface area (Å²) in [5.74, 6) is 0.292. The summed E-state index contributed by atoms with van der Waals surface area (Å²) in [7, 11) is 0. The molecule has 1 atom stereocenters. The fraction of sp³-hybridized carbons (Fsp3) is 0.923. The van der Waals surface area contributed by atoms with Crippen LogP contribution in [0, 0.1) is 0 Å². The lowest BCUT2D eigenvalue weighted by molar-refractivity contribution is -0.132. The van der Waals surface area contributed by atoms with E-state index in [0.29, 0.717) is 25.0 Å². The van der Waals surface area contributed by atoms with Crippen molar-refractivity contribution in [2.45, 2.75) is 45.6 Å². The van der Waals surface area contributed by atoms with Crippen molar-refractivity contribution in [2.24, 2.45) is 0 Å². The van der Waals surface area contributed by atoms with Gasteiger partial charge in [0, 0.05) is 38.7 Å². The molecule has 1 aliphatic heterocycles. The summed E-state index contributed by atoms with van der Waals surface area (Å²) in [6.45, 7) is 8.20. The number of nitrogens with zero attached hydrogens (tertiary/aromatic N) is 1. The zero-order chi connectivity index (χ0) is 12.5. The van der Waals surface area contributed by atoms with Gasteiger partial charge in [-0.25, -0.2) is 0 Å². The fourth-order valence-electron chi connectivity index (χ4n) is 2.08. The highest BCUT2D eigenvalue weighted by Gasteiger charge is 2.15. The molecule has 17 heavy (non-hydrogen) atoms. The van der Waals surface area contributed by atoms with Gasteiger partial charge in [-0.05, 0) is 33.1 Å². The Bertz CT molecular complexity index is 215. The molecule has 1 rings (SSSR count). The standard InChI is InChI=1S/C13H26N2O2/c1-3-17-11-12(2)14-8-7-13(16)15-9-5-4-6-10-15/h12,14H,3-11H2,1-2H3. The molecular weight excluding hydrogens is 216 g/mol. The molecule has 0 saturated carbocycles. The normalized spacial score (nSPS) is 18.1. The van der Waals surface area contributed by atoms with E-state index in [1.807, 2.05) is 11.8 Å². The van der Waals surface area contributed by atoms with Crippen molar-refractivity contribution in [1.82, 2.24) is 10.2 Å². The smallest absolute Gasteiger partial charge is 0.223 e. The van der Waals surface area contributed by atoms with Gasteiger partial charge in [0.05, 0.1) is 6.61 Å². The first-order chi connectivity index (χ1) is 8.24. The van der Waals surface area contributed by atoms with E-state index in [-0.39, 0.29) is 0 Å². The van der Waals surface area contributed by atoms with Gasteiger partial charge in [0.1, 0.15) is 0 Å². The number of carbonyl (C=O) groups is 1. The first-order valence-electron chi connectivity index (χ1n) is 6.83. The Morgan fingerprint density at radius 1 is 1.35 bits per heavy atom. The lowest BCUT2D eigenvalue weighted by Gasteiger charge is -2.27. The Hall–Kier alpha value is -0.610. The van der Waals surface area contributed by atoms with E-state index < -0.39 is 0 Å². The van der Waals surface area contributed by atoms with Crippen molar-refractivity contribution >= 4 is 5.91 Å². The van der Waals surface area contributed by atoms with Gasteiger partial charge in [-0.1, -0.05) is 0 Å². The number of amides is 1. The van der Waals surface area contributed by atoms with Crippen LogP contribution in [0.5, 0.6) is 0 Å². The Labute approximate surface area is 105 Å². The van der Waals surface area contributed by atoms with Crippen LogP contribution in [0.3, 0.4) is 0 Å². The van der Waals surface area contributed by atoms with Gasteiger partial charge in [0.2, 0.25) is 5.91 Å². The summed E-state index contributed by atoms with van der Waals surface area (Å²) in [6, 6.07) is 0.323. The molecule has 0 aromatic heterocycles. The molecule has 0 aliphatic carbocycles. The lowest BCUT2D eigenvalue weighted by Crippen LogP contribution is -2.39. The van der Waals surface area contributed by atoms with Crippen LogP contribution in [-0.2, 0) is 9.53 Å². The predicted molar refractivity (Wildman–Crippen MR) is 69.0 cm³/mol. The van der Waals surface area contributed by atoms with Gasteiger partial charge in [0.15, 0.2) is 0 Å². The molecule has 1 aliphatic rings. The number of piperidine rings is 1. The van der Waals surface area contributed by atoms with Crippen LogP contribution < -0.4 is 5.32 Å². The summed E-state index contributed by atoms with van der Waals surface area (Å²) < 4.78 is 5.31. The first kappa shape index (κ1) is 14.5. The second-order valence-corrected chi connectivity index (χ2v) is 4.71. The highest BCUT2D eigenvalue weighted by atomic mass is 16.5. The minimum atomic E-state index is 0.292. The van der Waals surface area contributed by atoms with Crippen LogP contribution in [-0.4, -0.2) is 49.7 Å². The molecule has 1 unspecified atom stereocenters. The van der Waals surface area contributed by atoms with E-state index in [1.165, 1.54) is 19.3 Å². The predicted octanol–water partition coefficient (Wildman–Crippen LogP) is 1.40. The topological polar surface area (TPSA) is 41.6 Å². The van der Waals surface area contributed by atoms with Crippen LogP contribution in [0.4, 0.5) is 0 Å². The van der Waals surface area contributed by atoms with Crippen molar-refractivity contribution in [3.05, 3.63) is 0 Å². The summed E-state index contributed by atoms with van der Waals surface area (Å²) >= 11 is 0. The SMILES string of the molecule is CCOCC(C)NCCC(=O)N1CCCCC1. The maximum absolute atomic E-state index is 11.8. The highest BCUT2D eigenvalue weighted by Crippen LogP contribution is 2.09. The Morgan fingerprint density at radius 3 is 2.71 bits per heavy atom. The van der Waals surface area contributed by atoms with Gasteiger partial charge in [0.25, 0.3) is 0 Å². The Balaban J connectivity index is 2.06. The molecule has 100 valence electrons. The molecule has 1 N–H and O–H groups in total. The quantitative estimate of drug-likeness (QED) is 0.734. The first-order valence-corrected chi connectivity index (χ1v) is 6.83. The third-order valence-corrected chi connectivity index (χ3v) is 3.11. The van der Waals surface area contributed by atoms with Gasteiger partial charge in [-0.15, -0.1) is 0 Å². The summed E-state index contributed by atoms with van der Waals surface area (Å²) in [5, 5.41) is 3.31. The molecule has 4 heteroatoms. The number of hydrogen-bond acceptors (Lipinski definition) is 3. The molecule has 0 spiro atoms. The lowest BCUT2D eigenvalue weighted by atomic mass is 10.1. The van der Waals surface area contributed by atoms with Crippen molar-refractivity contribution in [3.8, 4) is 0 Å². The molecule has 1 fully saturated rings. The van der Waals surface area contributed by atoms with Crippen LogP contribution in [0.15, 0.2) is 0 Å². The minimum Gasteiger partial charge on any atom is -0.380 e. The zero-order valence-electron chi connectivity index (χ0n) is 11.2. The molecule has 4 nitrogen and oxygen atoms in total. The molecule has 0 bridgehead atoms. The molecule has 1 saturated heterocycles. The van der Waals surface area contributed by atoms with E-state index in [0.717, 1.165) is 26.2 Å². The van der Waals surface area contributed by atoms with Crippen molar-refractivity contribution in [2.75, 3.05) is 32.8 Å². The van der Waals surface area contributed by atoms with Gasteiger partial charge >= 0.3 is 0 Å². The largest absolute Gasteiger partial charge is 0.380 e. The van der Waals surface area contributed by atoms with Crippen molar-refractivity contribution in [3.63, 3.8) is 0 Å². The number of ether oxygens (including phenoxy) is 1. The molecule has 0 aromatic carbocycles. The monoisotopic (exact) mass is 242 g/mol. The number of hydrogen-bond donors (Lipinski definition) is 1. The molecule has 1 heterocycles. The van der Waals surface area contributed by atoms with E-state index in [9.17, 15) is 4.79 Å². The van der Waals surface area contributed by atoms with E-state index in [1.54, 1.807) is 0 Å². The number of likely N-dealkylation sites (tertiary alicyclic amines) is 1. The van der Waals surface area contributed by atoms with Gasteiger partial charge in [-0.3, -0.25) is 4.79 Å². The third-order valence-electron chi connectivity index (χ3n) is 3.11. The Morgan fingerprint density at radius 2 is 2.06 bits per heavy atom. The van der Waals surface area contributed by atoms with Crippen molar-refractivity contribution < 1.29 is 9.53 Å². The molecule has 1 amide bonds. The second kappa shape index (κ2) is 8.48. The van der Waals surface area contributed by atoms with Crippen LogP contribution >= 0.6 is 0 Å². The van der Waals surface area contributed by atoms with Gasteiger partial charge in [-0.2, -0.15) is 0 Å². The van der Waals surface area contributed by atoms with E-state index >= 15 is 0 Å². The highest BCUT2D eigenvalue weighted by molar-refractivity contribution is 5.76. The summed E-state index contributed by atoms with van der Waals surface area (Å²) in [5.41, 5.74) is 0. The molecule has 0 aromatic rings. The second-order valence-electron chi connectivity index (χ2n) is 4.71. The van der Waals surface area contributed by atoms with Gasteiger partial charge < -0.3 is 15.0 Å². The minimum absolute atomic E-state index is 0.292. The maximum Gasteiger partial charge on any atom is 0.223 e. The van der Waals surface area contributed by atoms with Crippen LogP contribution in [0.2, 0.25) is 0 Å². The number of rotatable bonds is 7. The fourth-order valence-corrected chi connectivity index (χ4v) is 2.08. The zero-order valence-corrected chi connectivity index (χ0v) is 11.2. The molecule has 0 radical (unpaired) electrons. The maximum atomic E-state index is 11.8. The number of nitrogens with one attached hydrogen (secondary N) is 1. The van der Waals surface area contributed by atoms with E-state index in [2.05, 4.69) is 12.2 Å². The Kier molecular flexibility index (Phi) is 7.21.